The smallest absolute Gasteiger partial charge is 0.422 e. The van der Waals surface area contributed by atoms with Crippen LogP contribution in [0.1, 0.15) is 54.4 Å². The number of thiazole rings is 1. The van der Waals surface area contributed by atoms with Gasteiger partial charge in [0.15, 0.2) is 12.4 Å². The number of fused-ring (bicyclic) bond motifs is 1. The summed E-state index contributed by atoms with van der Waals surface area (Å²) in [5.41, 5.74) is 0.839. The largest absolute Gasteiger partial charge is 0.460 e. The van der Waals surface area contributed by atoms with Crippen molar-refractivity contribution in [3.63, 3.8) is 0 Å². The summed E-state index contributed by atoms with van der Waals surface area (Å²) < 4.78 is 46.8. The number of alkyl halides is 3. The molecule has 8 nitrogen and oxygen atoms in total. The number of aryl methyl sites for hydroxylation is 1. The fourth-order valence-corrected chi connectivity index (χ4v) is 5.33. The number of nitrogens with zero attached hydrogens (tertiary/aromatic N) is 4. The second kappa shape index (κ2) is 10.4. The van der Waals surface area contributed by atoms with Crippen LogP contribution in [0.3, 0.4) is 0 Å². The maximum atomic E-state index is 12.4. The van der Waals surface area contributed by atoms with E-state index < -0.39 is 12.8 Å². The van der Waals surface area contributed by atoms with Crippen molar-refractivity contribution in [1.29, 1.82) is 0 Å². The third kappa shape index (κ3) is 7.13. The summed E-state index contributed by atoms with van der Waals surface area (Å²) >= 11 is 1.22. The summed E-state index contributed by atoms with van der Waals surface area (Å²) in [6, 6.07) is 0.185. The van der Waals surface area contributed by atoms with Gasteiger partial charge in [0.05, 0.1) is 12.1 Å². The molecule has 4 rings (SSSR count). The molecule has 1 N–H and O–H groups in total. The summed E-state index contributed by atoms with van der Waals surface area (Å²) in [7, 11) is 0. The van der Waals surface area contributed by atoms with Crippen LogP contribution >= 0.6 is 11.3 Å². The van der Waals surface area contributed by atoms with Gasteiger partial charge in [0.1, 0.15) is 0 Å². The molecule has 0 unspecified atom stereocenters. The Balaban J connectivity index is 1.15. The van der Waals surface area contributed by atoms with Gasteiger partial charge in [0.2, 0.25) is 11.8 Å². The Morgan fingerprint density at radius 2 is 2.06 bits per heavy atom. The number of hydrogen-bond donors (Lipinski definition) is 1. The second-order valence-electron chi connectivity index (χ2n) is 8.76. The van der Waals surface area contributed by atoms with Crippen molar-refractivity contribution in [3.05, 3.63) is 22.3 Å². The van der Waals surface area contributed by atoms with Crippen molar-refractivity contribution in [2.24, 2.45) is 5.92 Å². The molecule has 0 radical (unpaired) electrons. The summed E-state index contributed by atoms with van der Waals surface area (Å²) in [5.74, 6) is 1.39. The summed E-state index contributed by atoms with van der Waals surface area (Å²) in [6.45, 7) is 2.87. The molecular formula is C21H28F3N5O3S. The summed E-state index contributed by atoms with van der Waals surface area (Å²) in [5, 5.41) is 6.94. The van der Waals surface area contributed by atoms with Crippen LogP contribution in [-0.2, 0) is 24.2 Å². The maximum absolute atomic E-state index is 12.4. The Bertz CT molecular complexity index is 940. The van der Waals surface area contributed by atoms with Crippen LogP contribution in [0, 0.1) is 12.8 Å². The van der Waals surface area contributed by atoms with Gasteiger partial charge in [-0.05, 0) is 51.0 Å². The quantitative estimate of drug-likeness (QED) is 0.610. The fraction of sp³-hybridized carbons (Fsp3) is 0.714. The molecule has 3 heterocycles. The molecule has 2 aliphatic rings. The number of carbonyl (C=O) groups is 1. The predicted molar refractivity (Wildman–Crippen MR) is 114 cm³/mol. The maximum Gasteiger partial charge on any atom is 0.422 e. The van der Waals surface area contributed by atoms with Gasteiger partial charge in [0.25, 0.3) is 5.19 Å². The average molecular weight is 488 g/mol. The zero-order valence-electron chi connectivity index (χ0n) is 18.5. The van der Waals surface area contributed by atoms with Crippen LogP contribution in [0.4, 0.5) is 13.2 Å². The lowest BCUT2D eigenvalue weighted by Crippen LogP contribution is -2.39. The Morgan fingerprint density at radius 1 is 1.27 bits per heavy atom. The SMILES string of the molecule is Cc1nc(CC(=O)N[C@H]2CC[C@H](CCN3CCc4sc(OCC(F)(F)F)nc4C3)CC2)no1. The number of aromatic nitrogens is 3. The van der Waals surface area contributed by atoms with Crippen molar-refractivity contribution in [3.8, 4) is 5.19 Å². The molecule has 1 aliphatic heterocycles. The Labute approximate surface area is 193 Å². The molecule has 0 bridgehead atoms. The van der Waals surface area contributed by atoms with Crippen LogP contribution < -0.4 is 10.1 Å². The Morgan fingerprint density at radius 3 is 2.76 bits per heavy atom. The van der Waals surface area contributed by atoms with E-state index in [1.807, 2.05) is 0 Å². The first-order valence-electron chi connectivity index (χ1n) is 11.2. The van der Waals surface area contributed by atoms with E-state index in [4.69, 9.17) is 9.26 Å². The van der Waals surface area contributed by atoms with E-state index in [1.165, 1.54) is 11.3 Å². The van der Waals surface area contributed by atoms with Gasteiger partial charge in [-0.25, -0.2) is 4.98 Å². The first-order chi connectivity index (χ1) is 15.7. The molecule has 2 aromatic heterocycles. The van der Waals surface area contributed by atoms with Gasteiger partial charge in [-0.1, -0.05) is 16.5 Å². The lowest BCUT2D eigenvalue weighted by molar-refractivity contribution is -0.153. The molecule has 2 aromatic rings. The number of ether oxygens (including phenoxy) is 1. The van der Waals surface area contributed by atoms with E-state index >= 15 is 0 Å². The molecule has 182 valence electrons. The monoisotopic (exact) mass is 487 g/mol. The second-order valence-corrected chi connectivity index (χ2v) is 9.81. The van der Waals surface area contributed by atoms with Crippen molar-refractivity contribution >= 4 is 17.2 Å². The van der Waals surface area contributed by atoms with Crippen molar-refractivity contribution in [2.45, 2.75) is 70.6 Å². The minimum atomic E-state index is -4.35. The Kier molecular flexibility index (Phi) is 7.52. The standard InChI is InChI=1S/C21H28F3N5O3S/c1-13-25-18(28-32-13)10-19(30)26-15-4-2-14(3-5-15)6-8-29-9-7-17-16(11-29)27-20(33-17)31-12-21(22,23)24/h14-15H,2-12H2,1H3,(H,26,30)/t14-,15-. The topological polar surface area (TPSA) is 93.4 Å². The van der Waals surface area contributed by atoms with Gasteiger partial charge in [0, 0.05) is 30.9 Å². The highest BCUT2D eigenvalue weighted by Crippen LogP contribution is 2.32. The van der Waals surface area contributed by atoms with Crippen molar-refractivity contribution in [1.82, 2.24) is 25.3 Å². The fourth-order valence-electron chi connectivity index (χ4n) is 4.42. The molecular weight excluding hydrogens is 459 g/mol. The zero-order valence-corrected chi connectivity index (χ0v) is 19.3. The van der Waals surface area contributed by atoms with Gasteiger partial charge in [-0.15, -0.1) is 0 Å². The van der Waals surface area contributed by atoms with E-state index in [-0.39, 0.29) is 23.6 Å². The van der Waals surface area contributed by atoms with Crippen LogP contribution in [0.5, 0.6) is 5.19 Å². The van der Waals surface area contributed by atoms with Crippen LogP contribution in [0.25, 0.3) is 0 Å². The van der Waals surface area contributed by atoms with E-state index in [9.17, 15) is 18.0 Å². The number of amides is 1. The first-order valence-corrected chi connectivity index (χ1v) is 12.0. The van der Waals surface area contributed by atoms with Crippen molar-refractivity contribution < 1.29 is 27.2 Å². The van der Waals surface area contributed by atoms with Crippen molar-refractivity contribution in [2.75, 3.05) is 19.7 Å². The number of rotatable bonds is 8. The highest BCUT2D eigenvalue weighted by atomic mass is 32.1. The highest BCUT2D eigenvalue weighted by Gasteiger charge is 2.30. The highest BCUT2D eigenvalue weighted by molar-refractivity contribution is 7.13. The molecule has 0 atom stereocenters. The minimum Gasteiger partial charge on any atom is -0.460 e. The van der Waals surface area contributed by atoms with E-state index in [0.717, 1.165) is 62.2 Å². The third-order valence-corrected chi connectivity index (χ3v) is 7.17. The van der Waals surface area contributed by atoms with Crippen LogP contribution in [0.2, 0.25) is 0 Å². The predicted octanol–water partition coefficient (Wildman–Crippen LogP) is 3.44. The lowest BCUT2D eigenvalue weighted by atomic mass is 9.84. The molecule has 1 saturated carbocycles. The van der Waals surface area contributed by atoms with Gasteiger partial charge >= 0.3 is 6.18 Å². The molecule has 33 heavy (non-hydrogen) atoms. The lowest BCUT2D eigenvalue weighted by Gasteiger charge is -2.31. The molecule has 0 saturated heterocycles. The Hall–Kier alpha value is -2.21. The molecule has 1 amide bonds. The zero-order chi connectivity index (χ0) is 23.4. The number of carbonyl (C=O) groups excluding carboxylic acids is 1. The van der Waals surface area contributed by atoms with E-state index in [1.54, 1.807) is 6.92 Å². The summed E-state index contributed by atoms with van der Waals surface area (Å²) in [4.78, 5) is 23.9. The number of hydrogen-bond acceptors (Lipinski definition) is 8. The number of nitrogens with one attached hydrogen (secondary N) is 1. The molecule has 0 aromatic carbocycles. The molecule has 1 fully saturated rings. The van der Waals surface area contributed by atoms with Gasteiger partial charge in [-0.3, -0.25) is 9.69 Å². The summed E-state index contributed by atoms with van der Waals surface area (Å²) in [6.07, 6.45) is 1.69. The average Bonchev–Trinajstić information content (AvgIpc) is 3.36. The van der Waals surface area contributed by atoms with Crippen LogP contribution in [-0.4, -0.2) is 57.8 Å². The first kappa shape index (κ1) is 23.9. The van der Waals surface area contributed by atoms with Gasteiger partial charge in [-0.2, -0.15) is 18.2 Å². The minimum absolute atomic E-state index is 0.0785. The van der Waals surface area contributed by atoms with Crippen LogP contribution in [0.15, 0.2) is 4.52 Å². The molecule has 1 aliphatic carbocycles. The molecule has 12 heteroatoms. The normalized spacial score (nSPS) is 21.6. The third-order valence-electron chi connectivity index (χ3n) is 6.10. The van der Waals surface area contributed by atoms with E-state index in [2.05, 4.69) is 25.3 Å². The van der Waals surface area contributed by atoms with E-state index in [0.29, 0.717) is 24.2 Å². The number of halogens is 3. The van der Waals surface area contributed by atoms with Gasteiger partial charge < -0.3 is 14.6 Å². The molecule has 0 spiro atoms.